The Hall–Kier alpha value is -0.690. The number of hydrogen-bond donors (Lipinski definition) is 1. The average Bonchev–Trinajstić information content (AvgIpc) is 2.58. The van der Waals surface area contributed by atoms with Gasteiger partial charge in [0, 0.05) is 13.1 Å². The number of halogens is 2. The zero-order valence-electron chi connectivity index (χ0n) is 9.73. The Morgan fingerprint density at radius 2 is 2.17 bits per heavy atom. The van der Waals surface area contributed by atoms with Crippen molar-refractivity contribution in [3.05, 3.63) is 29.0 Å². The molecule has 7 heteroatoms. The first kappa shape index (κ1) is 13.7. The van der Waals surface area contributed by atoms with Gasteiger partial charge in [-0.3, -0.25) is 0 Å². The molecule has 1 aliphatic rings. The van der Waals surface area contributed by atoms with Crippen molar-refractivity contribution in [2.24, 2.45) is 0 Å². The van der Waals surface area contributed by atoms with Gasteiger partial charge in [0.2, 0.25) is 10.0 Å². The maximum Gasteiger partial charge on any atom is 0.244 e. The number of β-amino-alcohol motifs (C(OH)–C–C–N with tert-alkyl or cyclic N) is 1. The lowest BCUT2D eigenvalue weighted by Crippen LogP contribution is -2.34. The lowest BCUT2D eigenvalue weighted by Gasteiger charge is -2.19. The smallest absolute Gasteiger partial charge is 0.244 e. The van der Waals surface area contributed by atoms with Crippen molar-refractivity contribution in [1.29, 1.82) is 0 Å². The second-order valence-electron chi connectivity index (χ2n) is 4.66. The first-order chi connectivity index (χ1) is 8.22. The summed E-state index contributed by atoms with van der Waals surface area (Å²) in [5.74, 6) is -0.590. The first-order valence-corrected chi connectivity index (χ1v) is 7.22. The molecular weight excluding hydrogens is 281 g/mol. The van der Waals surface area contributed by atoms with Crippen molar-refractivity contribution in [2.45, 2.75) is 23.8 Å². The van der Waals surface area contributed by atoms with Crippen LogP contribution in [0.1, 0.15) is 13.3 Å². The van der Waals surface area contributed by atoms with Gasteiger partial charge in [0.25, 0.3) is 0 Å². The van der Waals surface area contributed by atoms with Crippen molar-refractivity contribution in [1.82, 2.24) is 4.31 Å². The molecule has 1 N–H and O–H groups in total. The maximum atomic E-state index is 12.9. The van der Waals surface area contributed by atoms with E-state index in [0.717, 1.165) is 22.5 Å². The van der Waals surface area contributed by atoms with E-state index < -0.39 is 21.4 Å². The number of benzene rings is 1. The van der Waals surface area contributed by atoms with Gasteiger partial charge in [-0.1, -0.05) is 11.6 Å². The molecule has 1 aliphatic heterocycles. The molecule has 4 nitrogen and oxygen atoms in total. The topological polar surface area (TPSA) is 57.6 Å². The van der Waals surface area contributed by atoms with E-state index in [4.69, 9.17) is 11.6 Å². The zero-order valence-corrected chi connectivity index (χ0v) is 11.3. The summed E-state index contributed by atoms with van der Waals surface area (Å²) in [7, 11) is -3.78. The molecule has 1 aromatic rings. The summed E-state index contributed by atoms with van der Waals surface area (Å²) < 4.78 is 38.6. The predicted octanol–water partition coefficient (Wildman–Crippen LogP) is 1.62. The van der Waals surface area contributed by atoms with E-state index >= 15 is 0 Å². The van der Waals surface area contributed by atoms with Crippen LogP contribution in [0.2, 0.25) is 5.02 Å². The third-order valence-corrected chi connectivity index (χ3v) is 5.26. The van der Waals surface area contributed by atoms with Crippen LogP contribution in [0.15, 0.2) is 23.1 Å². The quantitative estimate of drug-likeness (QED) is 0.901. The first-order valence-electron chi connectivity index (χ1n) is 5.40. The van der Waals surface area contributed by atoms with Crippen LogP contribution in [-0.2, 0) is 10.0 Å². The fraction of sp³-hybridized carbons (Fsp3) is 0.455. The minimum absolute atomic E-state index is 0.0169. The fourth-order valence-corrected chi connectivity index (χ4v) is 4.00. The molecule has 0 amide bonds. The van der Waals surface area contributed by atoms with Crippen LogP contribution in [0.25, 0.3) is 0 Å². The Kier molecular flexibility index (Phi) is 3.40. The maximum absolute atomic E-state index is 12.9. The summed E-state index contributed by atoms with van der Waals surface area (Å²) in [6.07, 6.45) is 0.366. The Labute approximate surface area is 110 Å². The number of hydrogen-bond acceptors (Lipinski definition) is 3. The molecule has 0 spiro atoms. The van der Waals surface area contributed by atoms with Crippen molar-refractivity contribution < 1.29 is 17.9 Å². The minimum Gasteiger partial charge on any atom is -0.389 e. The van der Waals surface area contributed by atoms with Gasteiger partial charge in [-0.25, -0.2) is 12.8 Å². The van der Waals surface area contributed by atoms with Gasteiger partial charge in [-0.2, -0.15) is 4.31 Å². The third-order valence-electron chi connectivity index (χ3n) is 2.93. The second-order valence-corrected chi connectivity index (χ2v) is 6.97. The largest absolute Gasteiger partial charge is 0.389 e. The molecule has 0 aliphatic carbocycles. The molecule has 1 unspecified atom stereocenters. The lowest BCUT2D eigenvalue weighted by molar-refractivity contribution is 0.0762. The number of nitrogens with zero attached hydrogens (tertiary/aromatic N) is 1. The minimum atomic E-state index is -3.78. The van der Waals surface area contributed by atoms with E-state index in [1.54, 1.807) is 6.92 Å². The molecule has 0 saturated carbocycles. The summed E-state index contributed by atoms with van der Waals surface area (Å²) >= 11 is 5.76. The lowest BCUT2D eigenvalue weighted by atomic mass is 10.1. The summed E-state index contributed by atoms with van der Waals surface area (Å²) in [6.45, 7) is 1.82. The van der Waals surface area contributed by atoms with E-state index in [2.05, 4.69) is 0 Å². The summed E-state index contributed by atoms with van der Waals surface area (Å²) in [4.78, 5) is -0.136. The van der Waals surface area contributed by atoms with E-state index in [1.807, 2.05) is 0 Å². The van der Waals surface area contributed by atoms with Gasteiger partial charge in [-0.05, 0) is 31.5 Å². The molecule has 100 valence electrons. The highest BCUT2D eigenvalue weighted by Gasteiger charge is 2.39. The number of aliphatic hydroxyl groups is 1. The highest BCUT2D eigenvalue weighted by atomic mass is 35.5. The van der Waals surface area contributed by atoms with Crippen LogP contribution in [0.5, 0.6) is 0 Å². The van der Waals surface area contributed by atoms with Gasteiger partial charge in [0.1, 0.15) is 10.7 Å². The molecule has 1 atom stereocenters. The molecule has 1 fully saturated rings. The molecule has 1 saturated heterocycles. The van der Waals surface area contributed by atoms with Gasteiger partial charge in [-0.15, -0.1) is 0 Å². The van der Waals surface area contributed by atoms with Gasteiger partial charge in [0.05, 0.1) is 10.6 Å². The highest BCUT2D eigenvalue weighted by molar-refractivity contribution is 7.89. The summed E-state index contributed by atoms with van der Waals surface area (Å²) in [5, 5.41) is 9.64. The van der Waals surface area contributed by atoms with Crippen molar-refractivity contribution in [2.75, 3.05) is 13.1 Å². The Morgan fingerprint density at radius 1 is 1.50 bits per heavy atom. The van der Waals surface area contributed by atoms with Gasteiger partial charge in [0.15, 0.2) is 0 Å². The molecule has 1 aromatic carbocycles. The van der Waals surface area contributed by atoms with Crippen molar-refractivity contribution >= 4 is 21.6 Å². The van der Waals surface area contributed by atoms with E-state index in [1.165, 1.54) is 0 Å². The van der Waals surface area contributed by atoms with Crippen molar-refractivity contribution in [3.63, 3.8) is 0 Å². The average molecular weight is 294 g/mol. The summed E-state index contributed by atoms with van der Waals surface area (Å²) in [6, 6.07) is 3.15. The van der Waals surface area contributed by atoms with Crippen LogP contribution < -0.4 is 0 Å². The standard InChI is InChI=1S/C11H13ClFNO3S/c1-11(15)4-5-14(7-11)18(16,17)10-3-2-8(13)6-9(10)12/h2-3,6,15H,4-5,7H2,1H3. The number of rotatable bonds is 2. The van der Waals surface area contributed by atoms with E-state index in [-0.39, 0.29) is 23.0 Å². The normalized spacial score (nSPS) is 25.6. The Bertz CT molecular complexity index is 574. The van der Waals surface area contributed by atoms with Crippen LogP contribution in [0, 0.1) is 5.82 Å². The highest BCUT2D eigenvalue weighted by Crippen LogP contribution is 2.30. The van der Waals surface area contributed by atoms with Crippen LogP contribution in [0.4, 0.5) is 4.39 Å². The van der Waals surface area contributed by atoms with E-state index in [0.29, 0.717) is 6.42 Å². The molecule has 0 aromatic heterocycles. The van der Waals surface area contributed by atoms with E-state index in [9.17, 15) is 17.9 Å². The molecule has 2 rings (SSSR count). The second kappa shape index (κ2) is 4.45. The molecule has 0 radical (unpaired) electrons. The molecule has 0 bridgehead atoms. The summed E-state index contributed by atoms with van der Waals surface area (Å²) in [5.41, 5.74) is -1.03. The fourth-order valence-electron chi connectivity index (χ4n) is 1.93. The third kappa shape index (κ3) is 2.51. The Morgan fingerprint density at radius 3 is 2.67 bits per heavy atom. The van der Waals surface area contributed by atoms with Crippen LogP contribution in [-0.4, -0.2) is 36.5 Å². The van der Waals surface area contributed by atoms with Crippen molar-refractivity contribution in [3.8, 4) is 0 Å². The predicted molar refractivity (Wildman–Crippen MR) is 65.4 cm³/mol. The number of sulfonamides is 1. The molecular formula is C11H13ClFNO3S. The van der Waals surface area contributed by atoms with Gasteiger partial charge >= 0.3 is 0 Å². The molecule has 18 heavy (non-hydrogen) atoms. The molecule has 1 heterocycles. The Balaban J connectivity index is 2.38. The van der Waals surface area contributed by atoms with Gasteiger partial charge < -0.3 is 5.11 Å². The SMILES string of the molecule is CC1(O)CCN(S(=O)(=O)c2ccc(F)cc2Cl)C1. The van der Waals surface area contributed by atoms with Crippen LogP contribution >= 0.6 is 11.6 Å². The van der Waals surface area contributed by atoms with Crippen LogP contribution in [0.3, 0.4) is 0 Å². The zero-order chi connectivity index (χ0) is 13.6. The monoisotopic (exact) mass is 293 g/mol.